The Hall–Kier alpha value is -1.93. The van der Waals surface area contributed by atoms with Crippen LogP contribution in [0, 0.1) is 0 Å². The predicted octanol–water partition coefficient (Wildman–Crippen LogP) is 2.35. The van der Waals surface area contributed by atoms with Crippen LogP contribution in [-0.2, 0) is 21.4 Å². The fourth-order valence-corrected chi connectivity index (χ4v) is 4.93. The third-order valence-electron chi connectivity index (χ3n) is 4.94. The van der Waals surface area contributed by atoms with Gasteiger partial charge < -0.3 is 5.32 Å². The zero-order valence-electron chi connectivity index (χ0n) is 15.7. The SMILES string of the molecule is C[C@H](C(=O)NCc1ccccc1)N1CCN(S(=O)(=O)c2cccc(Cl)c2)CC1. The summed E-state index contributed by atoms with van der Waals surface area (Å²) in [5, 5.41) is 3.33. The number of benzene rings is 2. The monoisotopic (exact) mass is 421 g/mol. The maximum Gasteiger partial charge on any atom is 0.243 e. The van der Waals surface area contributed by atoms with Crippen LogP contribution in [0.15, 0.2) is 59.5 Å². The zero-order chi connectivity index (χ0) is 20.1. The molecule has 0 aliphatic carbocycles. The quantitative estimate of drug-likeness (QED) is 0.777. The molecule has 150 valence electrons. The predicted molar refractivity (Wildman–Crippen MR) is 110 cm³/mol. The number of nitrogens with zero attached hydrogens (tertiary/aromatic N) is 2. The Morgan fingerprint density at radius 1 is 1.07 bits per heavy atom. The molecule has 1 atom stereocenters. The van der Waals surface area contributed by atoms with E-state index in [1.165, 1.54) is 10.4 Å². The number of carbonyl (C=O) groups is 1. The maximum atomic E-state index is 12.8. The van der Waals surface area contributed by atoms with Gasteiger partial charge in [-0.1, -0.05) is 48.0 Å². The number of hydrogen-bond acceptors (Lipinski definition) is 4. The second-order valence-corrected chi connectivity index (χ2v) is 9.15. The molecule has 1 aliphatic rings. The van der Waals surface area contributed by atoms with E-state index in [9.17, 15) is 13.2 Å². The molecular formula is C20H24ClN3O3S. The summed E-state index contributed by atoms with van der Waals surface area (Å²) in [5.74, 6) is -0.0602. The van der Waals surface area contributed by atoms with Crippen LogP contribution < -0.4 is 5.32 Å². The van der Waals surface area contributed by atoms with Crippen molar-refractivity contribution in [3.63, 3.8) is 0 Å². The Morgan fingerprint density at radius 2 is 1.75 bits per heavy atom. The van der Waals surface area contributed by atoms with E-state index >= 15 is 0 Å². The zero-order valence-corrected chi connectivity index (χ0v) is 17.3. The Bertz CT molecular complexity index is 913. The van der Waals surface area contributed by atoms with Gasteiger partial charge in [0.2, 0.25) is 15.9 Å². The normalized spacial score (nSPS) is 17.2. The second kappa shape index (κ2) is 9.05. The average Bonchev–Trinajstić information content (AvgIpc) is 2.72. The van der Waals surface area contributed by atoms with Crippen LogP contribution in [0.3, 0.4) is 0 Å². The fraction of sp³-hybridized carbons (Fsp3) is 0.350. The molecule has 1 heterocycles. The topological polar surface area (TPSA) is 69.7 Å². The second-order valence-electron chi connectivity index (χ2n) is 6.78. The lowest BCUT2D eigenvalue weighted by Gasteiger charge is -2.36. The van der Waals surface area contributed by atoms with E-state index in [-0.39, 0.29) is 16.8 Å². The van der Waals surface area contributed by atoms with Gasteiger partial charge in [0.1, 0.15) is 0 Å². The third kappa shape index (κ3) is 4.91. The summed E-state index contributed by atoms with van der Waals surface area (Å²) < 4.78 is 27.0. The minimum atomic E-state index is -3.58. The number of nitrogens with one attached hydrogen (secondary N) is 1. The summed E-state index contributed by atoms with van der Waals surface area (Å²) >= 11 is 5.93. The van der Waals surface area contributed by atoms with Crippen molar-refractivity contribution in [1.82, 2.24) is 14.5 Å². The van der Waals surface area contributed by atoms with Crippen LogP contribution in [0.2, 0.25) is 5.02 Å². The van der Waals surface area contributed by atoms with Crippen molar-refractivity contribution in [3.05, 3.63) is 65.2 Å². The fourth-order valence-electron chi connectivity index (χ4n) is 3.21. The lowest BCUT2D eigenvalue weighted by molar-refractivity contribution is -0.126. The molecule has 0 aromatic heterocycles. The molecule has 2 aromatic carbocycles. The van der Waals surface area contributed by atoms with Gasteiger partial charge >= 0.3 is 0 Å². The number of rotatable bonds is 6. The number of halogens is 1. The van der Waals surface area contributed by atoms with Gasteiger partial charge in [0.25, 0.3) is 0 Å². The molecule has 1 fully saturated rings. The molecule has 6 nitrogen and oxygen atoms in total. The molecular weight excluding hydrogens is 398 g/mol. The van der Waals surface area contributed by atoms with E-state index in [0.29, 0.717) is 37.7 Å². The van der Waals surface area contributed by atoms with Gasteiger partial charge in [0.05, 0.1) is 10.9 Å². The minimum absolute atomic E-state index is 0.0602. The molecule has 2 aromatic rings. The van der Waals surface area contributed by atoms with E-state index in [2.05, 4.69) is 5.32 Å². The first-order valence-electron chi connectivity index (χ1n) is 9.19. The summed E-state index contributed by atoms with van der Waals surface area (Å²) in [6.07, 6.45) is 0. The molecule has 1 aliphatic heterocycles. The molecule has 3 rings (SSSR count). The standard InChI is InChI=1S/C20H24ClN3O3S/c1-16(20(25)22-15-17-6-3-2-4-7-17)23-10-12-24(13-11-23)28(26,27)19-9-5-8-18(21)14-19/h2-9,14,16H,10-13,15H2,1H3,(H,22,25)/t16-/m1/s1. The Balaban J connectivity index is 1.55. The van der Waals surface area contributed by atoms with Crippen molar-refractivity contribution in [3.8, 4) is 0 Å². The van der Waals surface area contributed by atoms with Crippen LogP contribution in [0.1, 0.15) is 12.5 Å². The van der Waals surface area contributed by atoms with Gasteiger partial charge in [-0.2, -0.15) is 4.31 Å². The number of carbonyl (C=O) groups excluding carboxylic acids is 1. The summed E-state index contributed by atoms with van der Waals surface area (Å²) in [6.45, 7) is 4.00. The molecule has 0 bridgehead atoms. The highest BCUT2D eigenvalue weighted by Crippen LogP contribution is 2.21. The Morgan fingerprint density at radius 3 is 2.39 bits per heavy atom. The molecule has 0 saturated carbocycles. The highest BCUT2D eigenvalue weighted by atomic mass is 35.5. The van der Waals surface area contributed by atoms with Gasteiger partial charge in [-0.15, -0.1) is 0 Å². The maximum absolute atomic E-state index is 12.8. The average molecular weight is 422 g/mol. The first kappa shape index (κ1) is 20.8. The van der Waals surface area contributed by atoms with Crippen LogP contribution in [0.4, 0.5) is 0 Å². The lowest BCUT2D eigenvalue weighted by Crippen LogP contribution is -2.54. The van der Waals surface area contributed by atoms with Gasteiger partial charge in [-0.3, -0.25) is 9.69 Å². The van der Waals surface area contributed by atoms with Crippen molar-refractivity contribution in [2.75, 3.05) is 26.2 Å². The molecule has 0 unspecified atom stereocenters. The molecule has 0 spiro atoms. The van der Waals surface area contributed by atoms with Crippen molar-refractivity contribution >= 4 is 27.5 Å². The van der Waals surface area contributed by atoms with Crippen LogP contribution in [-0.4, -0.2) is 55.8 Å². The largest absolute Gasteiger partial charge is 0.351 e. The smallest absolute Gasteiger partial charge is 0.243 e. The van der Waals surface area contributed by atoms with E-state index in [1.54, 1.807) is 18.2 Å². The summed E-state index contributed by atoms with van der Waals surface area (Å²) in [6, 6.07) is 15.7. The number of sulfonamides is 1. The van der Waals surface area contributed by atoms with Crippen molar-refractivity contribution < 1.29 is 13.2 Å². The highest BCUT2D eigenvalue weighted by molar-refractivity contribution is 7.89. The number of piperazine rings is 1. The number of hydrogen-bond donors (Lipinski definition) is 1. The molecule has 1 amide bonds. The minimum Gasteiger partial charge on any atom is -0.351 e. The molecule has 8 heteroatoms. The first-order chi connectivity index (χ1) is 13.4. The molecule has 28 heavy (non-hydrogen) atoms. The van der Waals surface area contributed by atoms with Crippen molar-refractivity contribution in [2.24, 2.45) is 0 Å². The van der Waals surface area contributed by atoms with Gasteiger partial charge in [0, 0.05) is 37.7 Å². The van der Waals surface area contributed by atoms with Gasteiger partial charge in [-0.05, 0) is 30.7 Å². The summed E-state index contributed by atoms with van der Waals surface area (Å²) in [4.78, 5) is 14.7. The van der Waals surface area contributed by atoms with Crippen LogP contribution in [0.25, 0.3) is 0 Å². The van der Waals surface area contributed by atoms with Crippen LogP contribution in [0.5, 0.6) is 0 Å². The van der Waals surface area contributed by atoms with Gasteiger partial charge in [-0.25, -0.2) is 8.42 Å². The Kier molecular flexibility index (Phi) is 6.72. The first-order valence-corrected chi connectivity index (χ1v) is 11.0. The van der Waals surface area contributed by atoms with E-state index in [0.717, 1.165) is 5.56 Å². The van der Waals surface area contributed by atoms with E-state index < -0.39 is 10.0 Å². The van der Waals surface area contributed by atoms with Gasteiger partial charge in [0.15, 0.2) is 0 Å². The number of amides is 1. The molecule has 1 saturated heterocycles. The molecule has 0 radical (unpaired) electrons. The van der Waals surface area contributed by atoms with Crippen molar-refractivity contribution in [2.45, 2.75) is 24.4 Å². The summed E-state index contributed by atoms with van der Waals surface area (Å²) in [7, 11) is -3.58. The Labute approximate surface area is 171 Å². The van der Waals surface area contributed by atoms with E-state index in [1.807, 2.05) is 42.2 Å². The lowest BCUT2D eigenvalue weighted by atomic mass is 10.2. The highest BCUT2D eigenvalue weighted by Gasteiger charge is 2.31. The molecule has 1 N–H and O–H groups in total. The summed E-state index contributed by atoms with van der Waals surface area (Å²) in [5.41, 5.74) is 1.04. The van der Waals surface area contributed by atoms with Crippen molar-refractivity contribution in [1.29, 1.82) is 0 Å². The third-order valence-corrected chi connectivity index (χ3v) is 7.07. The van der Waals surface area contributed by atoms with Crippen LogP contribution >= 0.6 is 11.6 Å². The van der Waals surface area contributed by atoms with E-state index in [4.69, 9.17) is 11.6 Å².